The quantitative estimate of drug-likeness (QED) is 0.431. The molecule has 0 spiro atoms. The van der Waals surface area contributed by atoms with Crippen molar-refractivity contribution in [1.82, 2.24) is 9.88 Å². The van der Waals surface area contributed by atoms with Gasteiger partial charge in [0.15, 0.2) is 6.23 Å². The van der Waals surface area contributed by atoms with Gasteiger partial charge in [-0.15, -0.1) is 0 Å². The summed E-state index contributed by atoms with van der Waals surface area (Å²) in [6.45, 7) is 1.37. The molecule has 1 saturated carbocycles. The van der Waals surface area contributed by atoms with E-state index in [1.165, 1.54) is 25.3 Å². The third-order valence-corrected chi connectivity index (χ3v) is 7.14. The number of hydrogen-bond acceptors (Lipinski definition) is 5. The summed E-state index contributed by atoms with van der Waals surface area (Å²) < 4.78 is 7.78. The van der Waals surface area contributed by atoms with Crippen molar-refractivity contribution in [3.8, 4) is 0 Å². The van der Waals surface area contributed by atoms with Crippen LogP contribution in [0, 0.1) is 0 Å². The molecule has 1 amide bonds. The summed E-state index contributed by atoms with van der Waals surface area (Å²) >= 11 is 6.60. The Hall–Kier alpha value is -2.42. The Kier molecular flexibility index (Phi) is 6.39. The summed E-state index contributed by atoms with van der Waals surface area (Å²) in [4.78, 5) is 11.4. The number of nitrogens with zero attached hydrogens (tertiary/aromatic N) is 1. The summed E-state index contributed by atoms with van der Waals surface area (Å²) in [5.74, 6) is 0.420. The van der Waals surface area contributed by atoms with Crippen molar-refractivity contribution in [2.24, 2.45) is 0 Å². The summed E-state index contributed by atoms with van der Waals surface area (Å²) in [6.07, 6.45) is -0.956. The number of fused-ring (bicyclic) bond motifs is 1. The molecule has 1 aliphatic heterocycles. The summed E-state index contributed by atoms with van der Waals surface area (Å²) in [7, 11) is 0. The van der Waals surface area contributed by atoms with E-state index in [-0.39, 0.29) is 12.5 Å². The van der Waals surface area contributed by atoms with Crippen molar-refractivity contribution in [3.05, 3.63) is 70.4 Å². The van der Waals surface area contributed by atoms with Crippen molar-refractivity contribution < 1.29 is 24.9 Å². The number of halogens is 1. The average Bonchev–Trinajstić information content (AvgIpc) is 3.60. The zero-order chi connectivity index (χ0) is 24.0. The lowest BCUT2D eigenvalue weighted by Crippen LogP contribution is -2.58. The molecular weight excluding hydrogens is 456 g/mol. The van der Waals surface area contributed by atoms with Crippen LogP contribution in [0.25, 0.3) is 10.9 Å². The van der Waals surface area contributed by atoms with E-state index in [0.29, 0.717) is 17.4 Å². The molecule has 180 valence electrons. The molecule has 0 unspecified atom stereocenters. The molecule has 1 saturated heterocycles. The van der Waals surface area contributed by atoms with Crippen LogP contribution in [-0.2, 0) is 16.0 Å². The van der Waals surface area contributed by atoms with Gasteiger partial charge in [-0.2, -0.15) is 0 Å². The molecule has 2 fully saturated rings. The minimum atomic E-state index is -1.44. The fourth-order valence-electron chi connectivity index (χ4n) is 4.81. The highest BCUT2D eigenvalue weighted by Gasteiger charge is 2.44. The van der Waals surface area contributed by atoms with Gasteiger partial charge in [0.05, 0.1) is 10.5 Å². The smallest absolute Gasteiger partial charge is 0.216 e. The van der Waals surface area contributed by atoms with Gasteiger partial charge in [-0.1, -0.05) is 41.9 Å². The molecule has 0 bridgehead atoms. The number of amides is 1. The van der Waals surface area contributed by atoms with E-state index in [1.807, 2.05) is 24.4 Å². The van der Waals surface area contributed by atoms with Crippen LogP contribution in [0.15, 0.2) is 48.7 Å². The van der Waals surface area contributed by atoms with E-state index >= 15 is 0 Å². The first kappa shape index (κ1) is 23.3. The summed E-state index contributed by atoms with van der Waals surface area (Å²) in [5.41, 5.74) is 4.24. The van der Waals surface area contributed by atoms with Gasteiger partial charge in [0.1, 0.15) is 24.4 Å². The number of aliphatic hydroxyl groups is 3. The third kappa shape index (κ3) is 4.46. The average molecular weight is 485 g/mol. The maximum absolute atomic E-state index is 11.4. The third-order valence-electron chi connectivity index (χ3n) is 6.82. The monoisotopic (exact) mass is 484 g/mol. The van der Waals surface area contributed by atoms with Gasteiger partial charge in [-0.05, 0) is 54.0 Å². The van der Waals surface area contributed by atoms with Crippen LogP contribution in [-0.4, -0.2) is 56.8 Å². The second kappa shape index (κ2) is 9.32. The zero-order valence-corrected chi connectivity index (χ0v) is 19.7. The molecule has 7 nitrogen and oxygen atoms in total. The molecule has 3 aromatic rings. The van der Waals surface area contributed by atoms with Gasteiger partial charge in [0.25, 0.3) is 0 Å². The number of benzene rings is 2. The minimum Gasteiger partial charge on any atom is -0.388 e. The molecule has 0 radical (unpaired) electrons. The van der Waals surface area contributed by atoms with Gasteiger partial charge in [-0.3, -0.25) is 4.79 Å². The van der Waals surface area contributed by atoms with Crippen molar-refractivity contribution in [3.63, 3.8) is 0 Å². The van der Waals surface area contributed by atoms with Crippen molar-refractivity contribution in [2.75, 3.05) is 6.54 Å². The predicted octanol–water partition coefficient (Wildman–Crippen LogP) is 2.88. The lowest BCUT2D eigenvalue weighted by Gasteiger charge is -2.41. The molecule has 4 N–H and O–H groups in total. The number of ether oxygens (including phenoxy) is 1. The standard InChI is InChI=1S/C26H29ClN2O5/c1-14(30)28-12-21-23(31)24(32)25(33)26(34-21)29-13-18(22-19(27)3-2-4-20(22)29)11-15-5-7-16(8-6-15)17-9-10-17/h2-8,13,17,21,23-26,31-33H,9-12H2,1H3,(H,28,30)/t21-,23-,24+,25-,26-/m1/s1. The molecule has 8 heteroatoms. The molecule has 2 aromatic carbocycles. The first-order chi connectivity index (χ1) is 16.3. The maximum Gasteiger partial charge on any atom is 0.216 e. The number of hydrogen-bond donors (Lipinski definition) is 4. The first-order valence-electron chi connectivity index (χ1n) is 11.6. The number of aliphatic hydroxyl groups excluding tert-OH is 3. The van der Waals surface area contributed by atoms with Crippen LogP contribution in [0.5, 0.6) is 0 Å². The maximum atomic E-state index is 11.4. The molecule has 5 rings (SSSR count). The zero-order valence-electron chi connectivity index (χ0n) is 18.9. The Labute approximate surface area is 202 Å². The lowest BCUT2D eigenvalue weighted by atomic mass is 9.97. The Morgan fingerprint density at radius 2 is 1.82 bits per heavy atom. The van der Waals surface area contributed by atoms with E-state index in [1.54, 1.807) is 4.57 Å². The van der Waals surface area contributed by atoms with Crippen LogP contribution in [0.1, 0.15) is 48.6 Å². The highest BCUT2D eigenvalue weighted by molar-refractivity contribution is 6.35. The van der Waals surface area contributed by atoms with E-state index < -0.39 is 30.6 Å². The first-order valence-corrected chi connectivity index (χ1v) is 12.0. The number of carbonyl (C=O) groups excluding carboxylic acids is 1. The van der Waals surface area contributed by atoms with Crippen LogP contribution in [0.3, 0.4) is 0 Å². The van der Waals surface area contributed by atoms with Crippen molar-refractivity contribution in [2.45, 2.75) is 62.7 Å². The Balaban J connectivity index is 1.49. The molecule has 1 aromatic heterocycles. The van der Waals surface area contributed by atoms with Crippen LogP contribution >= 0.6 is 11.6 Å². The SMILES string of the molecule is CC(=O)NC[C@H]1O[C@@H](n2cc(Cc3ccc(C4CC4)cc3)c3c(Cl)cccc32)[C@H](O)[C@@H](O)[C@@H]1O. The highest BCUT2D eigenvalue weighted by atomic mass is 35.5. The van der Waals surface area contributed by atoms with E-state index in [0.717, 1.165) is 22.0 Å². The minimum absolute atomic E-state index is 0.0109. The molecule has 5 atom stereocenters. The molecule has 1 aliphatic carbocycles. The number of nitrogens with one attached hydrogen (secondary N) is 1. The predicted molar refractivity (Wildman–Crippen MR) is 129 cm³/mol. The Morgan fingerprint density at radius 1 is 1.09 bits per heavy atom. The second-order valence-corrected chi connectivity index (χ2v) is 9.77. The largest absolute Gasteiger partial charge is 0.388 e. The Bertz CT molecular complexity index is 1190. The molecule has 2 heterocycles. The van der Waals surface area contributed by atoms with Gasteiger partial charge in [0.2, 0.25) is 5.91 Å². The summed E-state index contributed by atoms with van der Waals surface area (Å²) in [6, 6.07) is 14.2. The topological polar surface area (TPSA) is 104 Å². The van der Waals surface area contributed by atoms with Crippen LogP contribution < -0.4 is 5.32 Å². The summed E-state index contributed by atoms with van der Waals surface area (Å²) in [5, 5.41) is 35.8. The number of rotatable bonds is 6. The van der Waals surface area contributed by atoms with Crippen LogP contribution in [0.4, 0.5) is 0 Å². The molecular formula is C26H29ClN2O5. The van der Waals surface area contributed by atoms with Crippen molar-refractivity contribution in [1.29, 1.82) is 0 Å². The van der Waals surface area contributed by atoms with Gasteiger partial charge in [0, 0.05) is 25.1 Å². The fourth-order valence-corrected chi connectivity index (χ4v) is 5.10. The highest BCUT2D eigenvalue weighted by Crippen LogP contribution is 2.40. The van der Waals surface area contributed by atoms with Crippen molar-refractivity contribution >= 4 is 28.4 Å². The second-order valence-electron chi connectivity index (χ2n) is 9.36. The van der Waals surface area contributed by atoms with E-state index in [4.69, 9.17) is 16.3 Å². The Morgan fingerprint density at radius 3 is 2.50 bits per heavy atom. The number of carbonyl (C=O) groups is 1. The van der Waals surface area contributed by atoms with E-state index in [9.17, 15) is 20.1 Å². The van der Waals surface area contributed by atoms with Gasteiger partial charge >= 0.3 is 0 Å². The lowest BCUT2D eigenvalue weighted by molar-refractivity contribution is -0.242. The van der Waals surface area contributed by atoms with E-state index in [2.05, 4.69) is 29.6 Å². The normalized spacial score (nSPS) is 27.1. The molecule has 2 aliphatic rings. The van der Waals surface area contributed by atoms with Gasteiger partial charge < -0.3 is 29.9 Å². The van der Waals surface area contributed by atoms with Crippen LogP contribution in [0.2, 0.25) is 5.02 Å². The van der Waals surface area contributed by atoms with Gasteiger partial charge in [-0.25, -0.2) is 0 Å². The fraction of sp³-hybridized carbons (Fsp3) is 0.423. The molecule has 34 heavy (non-hydrogen) atoms. The number of aromatic nitrogens is 1.